The zero-order chi connectivity index (χ0) is 27.1. The minimum Gasteiger partial charge on any atom is -0.484 e. The Hall–Kier alpha value is -3.05. The minimum absolute atomic E-state index is 0.0694. The number of hydrogen-bond donors (Lipinski definition) is 1. The first kappa shape index (κ1) is 28.0. The van der Waals surface area contributed by atoms with E-state index in [0.717, 1.165) is 5.56 Å². The molecule has 0 bridgehead atoms. The third-order valence-electron chi connectivity index (χ3n) is 5.30. The predicted octanol–water partition coefficient (Wildman–Crippen LogP) is 6.82. The SMILES string of the molecule is CCOC(=O)c1c(-c2ccccc2)csc1NC(=O)CSc1nnc(COc2cc(Cl)ccc2Cl)n1CC. The van der Waals surface area contributed by atoms with Crippen LogP contribution in [0.3, 0.4) is 0 Å². The summed E-state index contributed by atoms with van der Waals surface area (Å²) in [6.07, 6.45) is 0. The lowest BCUT2D eigenvalue weighted by Gasteiger charge is -2.10. The van der Waals surface area contributed by atoms with Crippen molar-refractivity contribution < 1.29 is 19.1 Å². The molecule has 38 heavy (non-hydrogen) atoms. The summed E-state index contributed by atoms with van der Waals surface area (Å²) in [4.78, 5) is 25.6. The smallest absolute Gasteiger partial charge is 0.341 e. The molecule has 0 saturated carbocycles. The number of amides is 1. The lowest BCUT2D eigenvalue weighted by Crippen LogP contribution is -2.17. The van der Waals surface area contributed by atoms with E-state index in [1.54, 1.807) is 25.1 Å². The first-order valence-corrected chi connectivity index (χ1v) is 14.3. The molecule has 0 aliphatic heterocycles. The Morgan fingerprint density at radius 1 is 1.11 bits per heavy atom. The number of halogens is 2. The van der Waals surface area contributed by atoms with Gasteiger partial charge in [-0.2, -0.15) is 0 Å². The highest BCUT2D eigenvalue weighted by Gasteiger charge is 2.23. The normalized spacial score (nSPS) is 10.8. The second kappa shape index (κ2) is 13.1. The van der Waals surface area contributed by atoms with E-state index in [1.165, 1.54) is 23.1 Å². The number of benzene rings is 2. The molecule has 1 N–H and O–H groups in total. The summed E-state index contributed by atoms with van der Waals surface area (Å²) in [6, 6.07) is 14.5. The van der Waals surface area contributed by atoms with Crippen LogP contribution in [0.1, 0.15) is 30.0 Å². The van der Waals surface area contributed by atoms with Gasteiger partial charge in [-0.15, -0.1) is 21.5 Å². The third-order valence-corrected chi connectivity index (χ3v) is 7.71. The first-order valence-electron chi connectivity index (χ1n) is 11.7. The van der Waals surface area contributed by atoms with Gasteiger partial charge in [-0.25, -0.2) is 4.79 Å². The fraction of sp³-hybridized carbons (Fsp3) is 0.231. The average molecular weight is 592 g/mol. The molecule has 0 spiro atoms. The molecule has 8 nitrogen and oxygen atoms in total. The van der Waals surface area contributed by atoms with E-state index >= 15 is 0 Å². The van der Waals surface area contributed by atoms with E-state index in [2.05, 4.69) is 15.5 Å². The zero-order valence-electron chi connectivity index (χ0n) is 20.6. The van der Waals surface area contributed by atoms with Crippen LogP contribution in [0.4, 0.5) is 5.00 Å². The van der Waals surface area contributed by atoms with Crippen LogP contribution in [0, 0.1) is 0 Å². The quantitative estimate of drug-likeness (QED) is 0.151. The Bertz CT molecular complexity index is 1430. The van der Waals surface area contributed by atoms with E-state index in [1.807, 2.05) is 47.2 Å². The number of thioether (sulfide) groups is 1. The largest absolute Gasteiger partial charge is 0.484 e. The standard InChI is InChI=1S/C26H24Cl2N4O4S2/c1-3-32-21(13-36-20-12-17(27)10-11-19(20)28)30-31-26(32)38-15-22(33)29-24-23(25(34)35-4-2)18(14-37-24)16-8-6-5-7-9-16/h5-12,14H,3-4,13,15H2,1-2H3,(H,29,33). The summed E-state index contributed by atoms with van der Waals surface area (Å²) in [5.74, 6) is 0.338. The molecule has 0 saturated heterocycles. The summed E-state index contributed by atoms with van der Waals surface area (Å²) in [6.45, 7) is 4.64. The summed E-state index contributed by atoms with van der Waals surface area (Å²) >= 11 is 14.7. The number of nitrogens with one attached hydrogen (secondary N) is 1. The van der Waals surface area contributed by atoms with Crippen LogP contribution in [0.15, 0.2) is 59.1 Å². The van der Waals surface area contributed by atoms with Crippen molar-refractivity contribution in [2.75, 3.05) is 17.7 Å². The van der Waals surface area contributed by atoms with Gasteiger partial charge in [0.25, 0.3) is 0 Å². The van der Waals surface area contributed by atoms with E-state index in [9.17, 15) is 9.59 Å². The molecule has 4 rings (SSSR count). The highest BCUT2D eigenvalue weighted by molar-refractivity contribution is 7.99. The monoisotopic (exact) mass is 590 g/mol. The van der Waals surface area contributed by atoms with Crippen molar-refractivity contribution >= 4 is 63.2 Å². The summed E-state index contributed by atoms with van der Waals surface area (Å²) in [5, 5.41) is 15.1. The van der Waals surface area contributed by atoms with Gasteiger partial charge in [0.15, 0.2) is 11.0 Å². The molecule has 0 unspecified atom stereocenters. The van der Waals surface area contributed by atoms with Crippen LogP contribution < -0.4 is 10.1 Å². The number of aromatic nitrogens is 3. The van der Waals surface area contributed by atoms with Gasteiger partial charge in [0.1, 0.15) is 22.9 Å². The van der Waals surface area contributed by atoms with Gasteiger partial charge in [-0.05, 0) is 31.5 Å². The molecule has 0 atom stereocenters. The number of rotatable bonds is 11. The van der Waals surface area contributed by atoms with Crippen molar-refractivity contribution in [2.24, 2.45) is 0 Å². The summed E-state index contributed by atoms with van der Waals surface area (Å²) in [5.41, 5.74) is 1.93. The fourth-order valence-corrected chi connectivity index (χ4v) is 5.69. The van der Waals surface area contributed by atoms with Gasteiger partial charge in [0.2, 0.25) is 5.91 Å². The van der Waals surface area contributed by atoms with E-state index in [4.69, 9.17) is 32.7 Å². The lowest BCUT2D eigenvalue weighted by atomic mass is 10.0. The zero-order valence-corrected chi connectivity index (χ0v) is 23.7. The molecule has 2 heterocycles. The third kappa shape index (κ3) is 6.68. The fourth-order valence-electron chi connectivity index (χ4n) is 3.56. The molecule has 0 fully saturated rings. The Labute approximate surface area is 238 Å². The number of thiophene rings is 1. The Balaban J connectivity index is 1.43. The minimum atomic E-state index is -0.481. The number of carbonyl (C=O) groups is 2. The Morgan fingerprint density at radius 3 is 2.63 bits per heavy atom. The molecule has 198 valence electrons. The van der Waals surface area contributed by atoms with Crippen LogP contribution in [-0.4, -0.2) is 39.0 Å². The number of nitrogens with zero attached hydrogens (tertiary/aromatic N) is 3. The Morgan fingerprint density at radius 2 is 1.89 bits per heavy atom. The summed E-state index contributed by atoms with van der Waals surface area (Å²) < 4.78 is 12.9. The van der Waals surface area contributed by atoms with Crippen LogP contribution in [0.25, 0.3) is 11.1 Å². The highest BCUT2D eigenvalue weighted by atomic mass is 35.5. The number of hydrogen-bond acceptors (Lipinski definition) is 8. The van der Waals surface area contributed by atoms with Crippen molar-refractivity contribution in [3.05, 3.63) is 75.3 Å². The van der Waals surface area contributed by atoms with Crippen LogP contribution in [-0.2, 0) is 22.7 Å². The van der Waals surface area contributed by atoms with Crippen molar-refractivity contribution in [1.29, 1.82) is 0 Å². The molecule has 0 radical (unpaired) electrons. The molecular weight excluding hydrogens is 567 g/mol. The van der Waals surface area contributed by atoms with Crippen molar-refractivity contribution in [1.82, 2.24) is 14.8 Å². The van der Waals surface area contributed by atoms with Gasteiger partial charge in [0, 0.05) is 28.6 Å². The van der Waals surface area contributed by atoms with Gasteiger partial charge in [-0.3, -0.25) is 4.79 Å². The van der Waals surface area contributed by atoms with Crippen LogP contribution >= 0.6 is 46.3 Å². The molecule has 0 aliphatic rings. The molecule has 12 heteroatoms. The number of carbonyl (C=O) groups excluding carboxylic acids is 2. The van der Waals surface area contributed by atoms with E-state index < -0.39 is 5.97 Å². The topological polar surface area (TPSA) is 95.3 Å². The molecule has 2 aromatic carbocycles. The van der Waals surface area contributed by atoms with E-state index in [0.29, 0.717) is 49.4 Å². The molecule has 4 aromatic rings. The van der Waals surface area contributed by atoms with E-state index in [-0.39, 0.29) is 24.9 Å². The average Bonchev–Trinajstić information content (AvgIpc) is 3.52. The molecule has 2 aromatic heterocycles. The maximum absolute atomic E-state index is 12.9. The Kier molecular flexibility index (Phi) is 9.68. The van der Waals surface area contributed by atoms with Gasteiger partial charge >= 0.3 is 5.97 Å². The molecular formula is C26H24Cl2N4O4S2. The van der Waals surface area contributed by atoms with Gasteiger partial charge in [0.05, 0.1) is 17.4 Å². The maximum Gasteiger partial charge on any atom is 0.341 e. The first-order chi connectivity index (χ1) is 18.4. The van der Waals surface area contributed by atoms with Crippen molar-refractivity contribution in [2.45, 2.75) is 32.2 Å². The van der Waals surface area contributed by atoms with Crippen molar-refractivity contribution in [3.63, 3.8) is 0 Å². The number of ether oxygens (including phenoxy) is 2. The second-order valence-corrected chi connectivity index (χ2v) is 10.4. The molecule has 0 aliphatic carbocycles. The molecule has 1 amide bonds. The number of anilines is 1. The summed E-state index contributed by atoms with van der Waals surface area (Å²) in [7, 11) is 0. The second-order valence-electron chi connectivity index (χ2n) is 7.78. The van der Waals surface area contributed by atoms with Crippen molar-refractivity contribution in [3.8, 4) is 16.9 Å². The van der Waals surface area contributed by atoms with Gasteiger partial charge in [-0.1, -0.05) is 65.3 Å². The van der Waals surface area contributed by atoms with Gasteiger partial charge < -0.3 is 19.4 Å². The van der Waals surface area contributed by atoms with Crippen LogP contribution in [0.2, 0.25) is 10.0 Å². The number of esters is 1. The highest BCUT2D eigenvalue weighted by Crippen LogP contribution is 2.36. The lowest BCUT2D eigenvalue weighted by molar-refractivity contribution is -0.113. The maximum atomic E-state index is 12.9. The predicted molar refractivity (Wildman–Crippen MR) is 152 cm³/mol. The van der Waals surface area contributed by atoms with Crippen LogP contribution in [0.5, 0.6) is 5.75 Å².